The number of aromatic carboxylic acids is 1. The molecule has 0 unspecified atom stereocenters. The molecule has 2 aromatic heterocycles. The van der Waals surface area contributed by atoms with Crippen LogP contribution in [0, 0.1) is 11.3 Å². The quantitative estimate of drug-likeness (QED) is 0.664. The molecule has 8 heteroatoms. The number of aromatic amines is 2. The Kier molecular flexibility index (Phi) is 3.28. The van der Waals surface area contributed by atoms with Crippen LogP contribution >= 0.6 is 0 Å². The Morgan fingerprint density at radius 1 is 1.32 bits per heavy atom. The number of hydrogen-bond donors (Lipinski definition) is 3. The molecule has 2 heterocycles. The standard InChI is InChI=1S/C17H13N5O3/c18-7-9-3-1-2-4-10(9)8-22-12-6-5-11-14(19-20-16(11)23)13(12)15(21-22)17(24)25/h1-4H,5-6,8H2,(H,24,25)(H2,19,20,23). The smallest absolute Gasteiger partial charge is 0.357 e. The minimum absolute atomic E-state index is 0.0966. The number of H-pyrrole nitrogens is 2. The topological polar surface area (TPSA) is 128 Å². The van der Waals surface area contributed by atoms with Crippen LogP contribution in [0.3, 0.4) is 0 Å². The number of nitrogens with zero attached hydrogens (tertiary/aromatic N) is 3. The number of hydrogen-bond acceptors (Lipinski definition) is 4. The van der Waals surface area contributed by atoms with E-state index >= 15 is 0 Å². The number of nitriles is 1. The van der Waals surface area contributed by atoms with Crippen molar-refractivity contribution in [3.05, 3.63) is 62.7 Å². The Hall–Kier alpha value is -3.60. The first kappa shape index (κ1) is 15.0. The number of rotatable bonds is 3. The van der Waals surface area contributed by atoms with E-state index in [-0.39, 0.29) is 11.3 Å². The van der Waals surface area contributed by atoms with Gasteiger partial charge in [0.15, 0.2) is 5.69 Å². The molecule has 0 aliphatic heterocycles. The lowest BCUT2D eigenvalue weighted by Crippen LogP contribution is -2.15. The molecule has 0 fully saturated rings. The van der Waals surface area contributed by atoms with Gasteiger partial charge >= 0.3 is 5.97 Å². The normalized spacial score (nSPS) is 12.3. The lowest BCUT2D eigenvalue weighted by atomic mass is 9.93. The summed E-state index contributed by atoms with van der Waals surface area (Å²) in [7, 11) is 0. The summed E-state index contributed by atoms with van der Waals surface area (Å²) in [6.07, 6.45) is 1.02. The van der Waals surface area contributed by atoms with Gasteiger partial charge < -0.3 is 5.11 Å². The monoisotopic (exact) mass is 335 g/mol. The molecule has 1 aromatic carbocycles. The minimum atomic E-state index is -1.15. The second-order valence-electron chi connectivity index (χ2n) is 5.83. The molecule has 3 N–H and O–H groups in total. The van der Waals surface area contributed by atoms with Crippen molar-refractivity contribution in [2.24, 2.45) is 0 Å². The van der Waals surface area contributed by atoms with E-state index in [2.05, 4.69) is 21.4 Å². The van der Waals surface area contributed by atoms with Gasteiger partial charge in [-0.2, -0.15) is 10.4 Å². The summed E-state index contributed by atoms with van der Waals surface area (Å²) in [5.74, 6) is -1.15. The molecule has 0 bridgehead atoms. The van der Waals surface area contributed by atoms with Crippen molar-refractivity contribution >= 4 is 5.97 Å². The fourth-order valence-corrected chi connectivity index (χ4v) is 3.30. The molecule has 1 aliphatic carbocycles. The predicted molar refractivity (Wildman–Crippen MR) is 87.3 cm³/mol. The summed E-state index contributed by atoms with van der Waals surface area (Å²) in [6, 6.07) is 9.27. The molecule has 25 heavy (non-hydrogen) atoms. The van der Waals surface area contributed by atoms with Crippen molar-refractivity contribution in [2.45, 2.75) is 19.4 Å². The molecule has 0 saturated carbocycles. The van der Waals surface area contributed by atoms with Crippen LogP contribution in [0.4, 0.5) is 0 Å². The van der Waals surface area contributed by atoms with E-state index in [0.717, 1.165) is 11.3 Å². The van der Waals surface area contributed by atoms with Crippen LogP contribution in [0.15, 0.2) is 29.1 Å². The fraction of sp³-hybridized carbons (Fsp3) is 0.176. The van der Waals surface area contributed by atoms with Gasteiger partial charge in [-0.1, -0.05) is 18.2 Å². The molecule has 8 nitrogen and oxygen atoms in total. The maximum absolute atomic E-state index is 11.8. The number of carboxylic acid groups (broad SMARTS) is 1. The van der Waals surface area contributed by atoms with Crippen LogP contribution in [0.5, 0.6) is 0 Å². The SMILES string of the molecule is N#Cc1ccccc1Cn1nc(C(=O)O)c2c1CCc1c-2[nH][nH]c1=O. The number of fused-ring (bicyclic) bond motifs is 3. The molecule has 0 atom stereocenters. The molecular formula is C17H13N5O3. The number of aromatic nitrogens is 4. The third-order valence-corrected chi connectivity index (χ3v) is 4.46. The average Bonchev–Trinajstić information content (AvgIpc) is 3.17. The molecule has 0 amide bonds. The molecule has 3 aromatic rings. The highest BCUT2D eigenvalue weighted by Gasteiger charge is 2.31. The lowest BCUT2D eigenvalue weighted by Gasteiger charge is -2.14. The number of carbonyl (C=O) groups is 1. The number of carboxylic acids is 1. The third-order valence-electron chi connectivity index (χ3n) is 4.46. The summed E-state index contributed by atoms with van der Waals surface area (Å²) in [5.41, 5.74) is 3.18. The Balaban J connectivity index is 1.88. The first-order valence-electron chi connectivity index (χ1n) is 7.71. The molecular weight excluding hydrogens is 322 g/mol. The molecule has 4 rings (SSSR count). The lowest BCUT2D eigenvalue weighted by molar-refractivity contribution is 0.0690. The Labute approximate surface area is 141 Å². The van der Waals surface area contributed by atoms with E-state index in [1.165, 1.54) is 0 Å². The highest BCUT2D eigenvalue weighted by atomic mass is 16.4. The van der Waals surface area contributed by atoms with Gasteiger partial charge in [0.05, 0.1) is 29.4 Å². The zero-order valence-corrected chi connectivity index (χ0v) is 13.0. The maximum Gasteiger partial charge on any atom is 0.357 e. The van der Waals surface area contributed by atoms with Gasteiger partial charge in [-0.25, -0.2) is 4.79 Å². The van der Waals surface area contributed by atoms with Crippen molar-refractivity contribution in [3.63, 3.8) is 0 Å². The summed E-state index contributed by atoms with van der Waals surface area (Å²) >= 11 is 0. The van der Waals surface area contributed by atoms with Crippen LogP contribution in [0.1, 0.15) is 32.9 Å². The van der Waals surface area contributed by atoms with E-state index in [1.807, 2.05) is 12.1 Å². The highest BCUT2D eigenvalue weighted by Crippen LogP contribution is 2.33. The van der Waals surface area contributed by atoms with Gasteiger partial charge in [-0.15, -0.1) is 0 Å². The Morgan fingerprint density at radius 2 is 2.12 bits per heavy atom. The van der Waals surface area contributed by atoms with Crippen LogP contribution in [0.2, 0.25) is 0 Å². The van der Waals surface area contributed by atoms with E-state index in [4.69, 9.17) is 0 Å². The number of benzene rings is 1. The molecule has 1 aliphatic rings. The zero-order valence-electron chi connectivity index (χ0n) is 13.0. The summed E-state index contributed by atoms with van der Waals surface area (Å²) in [6.45, 7) is 0.295. The second-order valence-corrected chi connectivity index (χ2v) is 5.83. The first-order valence-corrected chi connectivity index (χ1v) is 7.71. The van der Waals surface area contributed by atoms with Gasteiger partial charge in [0.1, 0.15) is 0 Å². The molecule has 0 spiro atoms. The zero-order chi connectivity index (χ0) is 17.6. The van der Waals surface area contributed by atoms with Crippen LogP contribution in [-0.2, 0) is 19.4 Å². The Morgan fingerprint density at radius 3 is 2.88 bits per heavy atom. The summed E-state index contributed by atoms with van der Waals surface area (Å²) in [4.78, 5) is 23.5. The van der Waals surface area contributed by atoms with E-state index in [1.54, 1.807) is 16.8 Å². The first-order chi connectivity index (χ1) is 12.1. The minimum Gasteiger partial charge on any atom is -0.476 e. The predicted octanol–water partition coefficient (Wildman–Crippen LogP) is 1.28. The summed E-state index contributed by atoms with van der Waals surface area (Å²) < 4.78 is 1.61. The maximum atomic E-state index is 11.8. The van der Waals surface area contributed by atoms with E-state index < -0.39 is 5.97 Å². The van der Waals surface area contributed by atoms with Crippen molar-refractivity contribution in [3.8, 4) is 17.3 Å². The van der Waals surface area contributed by atoms with Crippen molar-refractivity contribution in [1.29, 1.82) is 5.26 Å². The Bertz CT molecular complexity index is 1100. The molecule has 124 valence electrons. The fourth-order valence-electron chi connectivity index (χ4n) is 3.30. The van der Waals surface area contributed by atoms with Crippen LogP contribution in [-0.4, -0.2) is 31.1 Å². The van der Waals surface area contributed by atoms with Crippen molar-refractivity contribution < 1.29 is 9.90 Å². The van der Waals surface area contributed by atoms with Crippen molar-refractivity contribution in [2.75, 3.05) is 0 Å². The van der Waals surface area contributed by atoms with Gasteiger partial charge in [0, 0.05) is 11.3 Å². The van der Waals surface area contributed by atoms with Gasteiger partial charge in [-0.3, -0.25) is 19.7 Å². The van der Waals surface area contributed by atoms with E-state index in [0.29, 0.717) is 41.8 Å². The van der Waals surface area contributed by atoms with Gasteiger partial charge in [0.2, 0.25) is 0 Å². The van der Waals surface area contributed by atoms with Crippen LogP contribution in [0.25, 0.3) is 11.3 Å². The highest BCUT2D eigenvalue weighted by molar-refractivity contribution is 5.95. The van der Waals surface area contributed by atoms with Crippen LogP contribution < -0.4 is 5.56 Å². The van der Waals surface area contributed by atoms with Crippen molar-refractivity contribution in [1.82, 2.24) is 20.0 Å². The largest absolute Gasteiger partial charge is 0.476 e. The molecule has 0 radical (unpaired) electrons. The van der Waals surface area contributed by atoms with Gasteiger partial charge in [0.25, 0.3) is 5.56 Å². The number of nitrogens with one attached hydrogen (secondary N) is 2. The third kappa shape index (κ3) is 2.25. The van der Waals surface area contributed by atoms with Gasteiger partial charge in [-0.05, 0) is 24.5 Å². The molecule has 0 saturated heterocycles. The second kappa shape index (κ2) is 5.49. The average molecular weight is 335 g/mol. The summed E-state index contributed by atoms with van der Waals surface area (Å²) in [5, 5.41) is 28.3. The van der Waals surface area contributed by atoms with E-state index in [9.17, 15) is 20.0 Å².